The molecule has 250 valence electrons. The van der Waals surface area contributed by atoms with E-state index in [1.54, 1.807) is 4.90 Å². The SMILES string of the molecule is CC(C)(C)OC(=O)N1CCC(CCOC(=O)OCn2cc(/C=C3/C(=O)N(CN4CCCCC4)c4ccccc43)c3ccccc32)CC1. The summed E-state index contributed by atoms with van der Waals surface area (Å²) in [5.74, 6) is 0.369. The van der Waals surface area contributed by atoms with Crippen molar-refractivity contribution in [2.24, 2.45) is 5.92 Å². The summed E-state index contributed by atoms with van der Waals surface area (Å²) >= 11 is 0. The summed E-state index contributed by atoms with van der Waals surface area (Å²) in [6.45, 7) is 9.73. The van der Waals surface area contributed by atoms with Gasteiger partial charge in [0, 0.05) is 41.4 Å². The summed E-state index contributed by atoms with van der Waals surface area (Å²) < 4.78 is 18.3. The molecule has 0 N–H and O–H groups in total. The van der Waals surface area contributed by atoms with Gasteiger partial charge in [-0.05, 0) is 90.1 Å². The van der Waals surface area contributed by atoms with Crippen LogP contribution in [-0.4, -0.2) is 77.6 Å². The standard InChI is InChI=1S/C37H46N4O6/c1-37(2,3)47-35(43)39-20-15-27(16-21-39)17-22-45-36(44)46-26-40-24-28(29-11-5-7-13-32(29)40)23-31-30-12-6-8-14-33(30)41(34(31)42)25-38-18-9-4-10-19-38/h5-8,11-14,23-24,27H,4,9-10,15-22,25-26H2,1-3H3/b31-23+. The number of nitrogens with zero attached hydrogens (tertiary/aromatic N) is 4. The number of anilines is 1. The van der Waals surface area contributed by atoms with E-state index in [0.29, 0.717) is 37.7 Å². The van der Waals surface area contributed by atoms with E-state index >= 15 is 0 Å². The van der Waals surface area contributed by atoms with Gasteiger partial charge in [-0.1, -0.05) is 42.8 Å². The van der Waals surface area contributed by atoms with Crippen LogP contribution in [0.15, 0.2) is 54.7 Å². The molecule has 2 fully saturated rings. The number of piperidine rings is 2. The number of hydrogen-bond acceptors (Lipinski definition) is 7. The van der Waals surface area contributed by atoms with Crippen molar-refractivity contribution in [1.82, 2.24) is 14.4 Å². The summed E-state index contributed by atoms with van der Waals surface area (Å²) in [5.41, 5.74) is 3.81. The molecule has 10 heteroatoms. The molecule has 10 nitrogen and oxygen atoms in total. The number of benzene rings is 2. The van der Waals surface area contributed by atoms with Crippen molar-refractivity contribution in [2.45, 2.75) is 71.6 Å². The number of aromatic nitrogens is 1. The van der Waals surface area contributed by atoms with Gasteiger partial charge >= 0.3 is 12.2 Å². The molecular weight excluding hydrogens is 596 g/mol. The molecule has 2 amide bonds. The van der Waals surface area contributed by atoms with Gasteiger partial charge in [0.05, 0.1) is 24.5 Å². The maximum absolute atomic E-state index is 13.8. The van der Waals surface area contributed by atoms with Crippen molar-refractivity contribution in [1.29, 1.82) is 0 Å². The van der Waals surface area contributed by atoms with Crippen molar-refractivity contribution in [3.8, 4) is 0 Å². The van der Waals surface area contributed by atoms with Crippen LogP contribution in [0.3, 0.4) is 0 Å². The molecule has 3 aliphatic heterocycles. The van der Waals surface area contributed by atoms with E-state index in [9.17, 15) is 14.4 Å². The van der Waals surface area contributed by atoms with Crippen LogP contribution < -0.4 is 4.90 Å². The molecule has 6 rings (SSSR count). The molecule has 2 saturated heterocycles. The molecule has 0 spiro atoms. The zero-order valence-corrected chi connectivity index (χ0v) is 27.8. The van der Waals surface area contributed by atoms with Crippen LogP contribution in [0.1, 0.15) is 70.4 Å². The molecule has 0 aliphatic carbocycles. The van der Waals surface area contributed by atoms with Gasteiger partial charge in [0.1, 0.15) is 5.60 Å². The van der Waals surface area contributed by atoms with Gasteiger partial charge in [-0.3, -0.25) is 14.6 Å². The van der Waals surface area contributed by atoms with Crippen molar-refractivity contribution < 1.29 is 28.6 Å². The Balaban J connectivity index is 1.06. The van der Waals surface area contributed by atoms with Gasteiger partial charge in [0.15, 0.2) is 6.73 Å². The highest BCUT2D eigenvalue weighted by atomic mass is 16.7. The minimum absolute atomic E-state index is 0.00365. The molecule has 3 aliphatic rings. The van der Waals surface area contributed by atoms with Crippen LogP contribution in [0.25, 0.3) is 22.6 Å². The maximum Gasteiger partial charge on any atom is 0.510 e. The first kappa shape index (κ1) is 32.6. The molecule has 1 aromatic heterocycles. The number of fused-ring (bicyclic) bond motifs is 2. The number of likely N-dealkylation sites (tertiary alicyclic amines) is 2. The molecule has 4 heterocycles. The fourth-order valence-corrected chi connectivity index (χ4v) is 6.74. The first-order chi connectivity index (χ1) is 22.7. The molecule has 2 aromatic carbocycles. The number of ether oxygens (including phenoxy) is 3. The normalized spacial score (nSPS) is 18.5. The molecular formula is C37H46N4O6. The van der Waals surface area contributed by atoms with Gasteiger partial charge in [0.2, 0.25) is 0 Å². The zero-order valence-electron chi connectivity index (χ0n) is 27.8. The van der Waals surface area contributed by atoms with Crippen LogP contribution in [0.2, 0.25) is 0 Å². The van der Waals surface area contributed by atoms with Crippen LogP contribution in [0, 0.1) is 5.92 Å². The monoisotopic (exact) mass is 642 g/mol. The summed E-state index contributed by atoms with van der Waals surface area (Å²) in [6, 6.07) is 15.9. The highest BCUT2D eigenvalue weighted by Crippen LogP contribution is 2.39. The number of rotatable bonds is 8. The Kier molecular flexibility index (Phi) is 9.87. The average Bonchev–Trinajstić information content (AvgIpc) is 3.54. The highest BCUT2D eigenvalue weighted by Gasteiger charge is 2.33. The third kappa shape index (κ3) is 7.81. The van der Waals surface area contributed by atoms with E-state index in [-0.39, 0.29) is 25.3 Å². The Bertz CT molecular complexity index is 1620. The fraction of sp³-hybridized carbons (Fsp3) is 0.486. The van der Waals surface area contributed by atoms with Crippen molar-refractivity contribution >= 4 is 46.4 Å². The lowest BCUT2D eigenvalue weighted by Gasteiger charge is -2.33. The smallest absolute Gasteiger partial charge is 0.444 e. The molecule has 0 radical (unpaired) electrons. The number of carbonyl (C=O) groups is 3. The third-order valence-electron chi connectivity index (χ3n) is 9.20. The largest absolute Gasteiger partial charge is 0.510 e. The maximum atomic E-state index is 13.8. The molecule has 0 bridgehead atoms. The Morgan fingerprint density at radius 1 is 0.915 bits per heavy atom. The average molecular weight is 643 g/mol. The first-order valence-electron chi connectivity index (χ1n) is 16.9. The van der Waals surface area contributed by atoms with Gasteiger partial charge in [0.25, 0.3) is 5.91 Å². The molecule has 47 heavy (non-hydrogen) atoms. The topological polar surface area (TPSA) is 93.5 Å². The number of para-hydroxylation sites is 2. The van der Waals surface area contributed by atoms with Crippen molar-refractivity contribution in [2.75, 3.05) is 44.4 Å². The van der Waals surface area contributed by atoms with Crippen LogP contribution >= 0.6 is 0 Å². The van der Waals surface area contributed by atoms with Gasteiger partial charge in [-0.25, -0.2) is 9.59 Å². The van der Waals surface area contributed by atoms with Gasteiger partial charge in [-0.15, -0.1) is 0 Å². The van der Waals surface area contributed by atoms with E-state index in [0.717, 1.165) is 66.5 Å². The van der Waals surface area contributed by atoms with Crippen LogP contribution in [-0.2, 0) is 25.7 Å². The Hall–Kier alpha value is -4.31. The second-order valence-corrected chi connectivity index (χ2v) is 13.8. The number of hydrogen-bond donors (Lipinski definition) is 0. The van der Waals surface area contributed by atoms with E-state index in [4.69, 9.17) is 14.2 Å². The molecule has 0 unspecified atom stereocenters. The third-order valence-corrected chi connectivity index (χ3v) is 9.20. The van der Waals surface area contributed by atoms with E-state index < -0.39 is 11.8 Å². The summed E-state index contributed by atoms with van der Waals surface area (Å²) in [4.78, 5) is 44.7. The minimum atomic E-state index is -0.720. The fourth-order valence-electron chi connectivity index (χ4n) is 6.74. The summed E-state index contributed by atoms with van der Waals surface area (Å²) in [5, 5.41) is 0.967. The Labute approximate surface area is 276 Å². The predicted molar refractivity (Wildman–Crippen MR) is 182 cm³/mol. The van der Waals surface area contributed by atoms with E-state index in [1.807, 2.05) is 91.0 Å². The van der Waals surface area contributed by atoms with E-state index in [2.05, 4.69) is 4.90 Å². The lowest BCUT2D eigenvalue weighted by atomic mass is 9.94. The van der Waals surface area contributed by atoms with Crippen LogP contribution in [0.4, 0.5) is 15.3 Å². The molecule has 0 saturated carbocycles. The quantitative estimate of drug-likeness (QED) is 0.191. The number of amides is 2. The summed E-state index contributed by atoms with van der Waals surface area (Å²) in [6.07, 6.45) is 8.86. The molecule has 0 atom stereocenters. The van der Waals surface area contributed by atoms with Crippen LogP contribution in [0.5, 0.6) is 0 Å². The lowest BCUT2D eigenvalue weighted by molar-refractivity contribution is -0.113. The molecule has 3 aromatic rings. The Morgan fingerprint density at radius 2 is 1.64 bits per heavy atom. The number of carbonyl (C=O) groups excluding carboxylic acids is 3. The lowest BCUT2D eigenvalue weighted by Crippen LogP contribution is -2.42. The van der Waals surface area contributed by atoms with E-state index in [1.165, 1.54) is 6.42 Å². The Morgan fingerprint density at radius 3 is 2.40 bits per heavy atom. The van der Waals surface area contributed by atoms with Crippen molar-refractivity contribution in [3.63, 3.8) is 0 Å². The van der Waals surface area contributed by atoms with Gasteiger partial charge < -0.3 is 23.7 Å². The second-order valence-electron chi connectivity index (χ2n) is 13.8. The highest BCUT2D eigenvalue weighted by molar-refractivity contribution is 6.36. The zero-order chi connectivity index (χ0) is 33.0. The predicted octanol–water partition coefficient (Wildman–Crippen LogP) is 7.12. The second kappa shape index (κ2) is 14.2. The summed E-state index contributed by atoms with van der Waals surface area (Å²) in [7, 11) is 0. The minimum Gasteiger partial charge on any atom is -0.444 e. The first-order valence-corrected chi connectivity index (χ1v) is 16.9. The van der Waals surface area contributed by atoms with Gasteiger partial charge in [-0.2, -0.15) is 0 Å². The van der Waals surface area contributed by atoms with Crippen molar-refractivity contribution in [3.05, 3.63) is 65.9 Å².